The minimum absolute atomic E-state index is 0.609. The van der Waals surface area contributed by atoms with E-state index in [1.807, 2.05) is 0 Å². The summed E-state index contributed by atoms with van der Waals surface area (Å²) in [4.78, 5) is -0.715. The third-order valence-electron chi connectivity index (χ3n) is 4.92. The standard InChI is InChI=1S/C15H16F16NOP/c16-8(14(26,27)28)11(19,34)5-33-4-10(18,15(29,30)31)9(17)32-2-6(12(20,21)22)1-7(3-32)13(23,24)25/h6-9H,1-5,34H2. The summed E-state index contributed by atoms with van der Waals surface area (Å²) in [6.07, 6.45) is -33.5. The number of nitrogens with zero attached hydrogens (tertiary/aromatic N) is 1. The van der Waals surface area contributed by atoms with E-state index in [-0.39, 0.29) is 0 Å². The Morgan fingerprint density at radius 2 is 1.15 bits per heavy atom. The van der Waals surface area contributed by atoms with Crippen LogP contribution in [0, 0.1) is 11.8 Å². The van der Waals surface area contributed by atoms with E-state index in [9.17, 15) is 70.2 Å². The van der Waals surface area contributed by atoms with Crippen molar-refractivity contribution in [3.05, 3.63) is 0 Å². The van der Waals surface area contributed by atoms with E-state index in [0.717, 1.165) is 0 Å². The highest BCUT2D eigenvalue weighted by molar-refractivity contribution is 7.18. The fraction of sp³-hybridized carbons (Fsp3) is 1.00. The second kappa shape index (κ2) is 9.94. The molecule has 0 aromatic carbocycles. The number of ether oxygens (including phenoxy) is 1. The third-order valence-corrected chi connectivity index (χ3v) is 5.38. The summed E-state index contributed by atoms with van der Waals surface area (Å²) in [7, 11) is 0.609. The lowest BCUT2D eigenvalue weighted by Crippen LogP contribution is -2.63. The molecule has 0 saturated carbocycles. The molecule has 1 rings (SSSR count). The molecule has 0 radical (unpaired) electrons. The SMILES string of the molecule is FC(C(F)(F)F)C(F)(P)COCC(F)(C(F)N1CC(C(F)(F)F)CC(C(F)(F)F)C1)C(F)(F)F. The van der Waals surface area contributed by atoms with Gasteiger partial charge in [0, 0.05) is 13.1 Å². The molecule has 0 aromatic rings. The van der Waals surface area contributed by atoms with Crippen LogP contribution in [0.4, 0.5) is 70.2 Å². The summed E-state index contributed by atoms with van der Waals surface area (Å²) < 4.78 is 214. The quantitative estimate of drug-likeness (QED) is 0.213. The van der Waals surface area contributed by atoms with E-state index in [0.29, 0.717) is 9.24 Å². The monoisotopic (exact) mass is 561 g/mol. The maximum Gasteiger partial charge on any atom is 0.429 e. The maximum atomic E-state index is 14.7. The van der Waals surface area contributed by atoms with E-state index >= 15 is 0 Å². The second-order valence-corrected chi connectivity index (χ2v) is 8.65. The lowest BCUT2D eigenvalue weighted by molar-refractivity contribution is -0.297. The molecule has 19 heteroatoms. The summed E-state index contributed by atoms with van der Waals surface area (Å²) in [5, 5.41) is -4.18. The van der Waals surface area contributed by atoms with Crippen LogP contribution in [-0.2, 0) is 4.74 Å². The van der Waals surface area contributed by atoms with Crippen LogP contribution in [0.5, 0.6) is 0 Å². The van der Waals surface area contributed by atoms with Gasteiger partial charge in [0.05, 0.1) is 25.0 Å². The third kappa shape index (κ3) is 7.37. The first-order valence-corrected chi connectivity index (χ1v) is 9.45. The first kappa shape index (κ1) is 31.3. The van der Waals surface area contributed by atoms with E-state index < -0.39 is 97.7 Å². The maximum absolute atomic E-state index is 14.7. The van der Waals surface area contributed by atoms with Crippen LogP contribution in [0.2, 0.25) is 0 Å². The van der Waals surface area contributed by atoms with Gasteiger partial charge in [-0.2, -0.15) is 52.7 Å². The smallest absolute Gasteiger partial charge is 0.374 e. The summed E-state index contributed by atoms with van der Waals surface area (Å²) in [5.74, 6) is -6.01. The van der Waals surface area contributed by atoms with Crippen LogP contribution in [0.15, 0.2) is 0 Å². The normalized spacial score (nSPS) is 27.1. The summed E-state index contributed by atoms with van der Waals surface area (Å²) in [6, 6.07) is 0. The van der Waals surface area contributed by atoms with Gasteiger partial charge in [0.1, 0.15) is 0 Å². The Morgan fingerprint density at radius 1 is 0.735 bits per heavy atom. The molecule has 0 bridgehead atoms. The number of hydrogen-bond acceptors (Lipinski definition) is 2. The molecule has 0 amide bonds. The Hall–Kier alpha value is -0.770. The molecule has 1 heterocycles. The summed E-state index contributed by atoms with van der Waals surface area (Å²) in [6.45, 7) is -8.60. The molecule has 7 atom stereocenters. The van der Waals surface area contributed by atoms with Gasteiger partial charge in [-0.1, -0.05) is 9.24 Å². The first-order chi connectivity index (χ1) is 14.8. The predicted molar refractivity (Wildman–Crippen MR) is 85.4 cm³/mol. The molecule has 7 unspecified atom stereocenters. The van der Waals surface area contributed by atoms with Gasteiger partial charge in [-0.15, -0.1) is 0 Å². The van der Waals surface area contributed by atoms with Crippen LogP contribution in [0.25, 0.3) is 0 Å². The van der Waals surface area contributed by atoms with Crippen molar-refractivity contribution >= 4 is 9.24 Å². The molecular formula is C15H16F16NOP. The minimum atomic E-state index is -6.40. The van der Waals surface area contributed by atoms with Crippen molar-refractivity contribution in [1.29, 1.82) is 0 Å². The van der Waals surface area contributed by atoms with Gasteiger partial charge in [0.25, 0.3) is 5.67 Å². The van der Waals surface area contributed by atoms with Crippen molar-refractivity contribution in [1.82, 2.24) is 4.90 Å². The van der Waals surface area contributed by atoms with Crippen molar-refractivity contribution < 1.29 is 75.0 Å². The number of piperidine rings is 1. The molecule has 0 aliphatic carbocycles. The van der Waals surface area contributed by atoms with Crippen LogP contribution < -0.4 is 0 Å². The largest absolute Gasteiger partial charge is 0.429 e. The van der Waals surface area contributed by atoms with Crippen molar-refractivity contribution in [3.8, 4) is 0 Å². The fourth-order valence-corrected chi connectivity index (χ4v) is 3.38. The molecule has 34 heavy (non-hydrogen) atoms. The lowest BCUT2D eigenvalue weighted by atomic mass is 9.87. The first-order valence-electron chi connectivity index (χ1n) is 8.87. The molecule has 1 saturated heterocycles. The molecule has 2 nitrogen and oxygen atoms in total. The van der Waals surface area contributed by atoms with Crippen LogP contribution >= 0.6 is 9.24 Å². The number of rotatable bonds is 7. The number of hydrogen-bond donors (Lipinski definition) is 0. The van der Waals surface area contributed by atoms with Gasteiger partial charge in [0.2, 0.25) is 6.17 Å². The summed E-state index contributed by atoms with van der Waals surface area (Å²) in [5.41, 5.74) is -5.42. The molecular weight excluding hydrogens is 545 g/mol. The summed E-state index contributed by atoms with van der Waals surface area (Å²) >= 11 is 0. The molecule has 0 N–H and O–H groups in total. The van der Waals surface area contributed by atoms with Gasteiger partial charge in [-0.3, -0.25) is 4.90 Å². The zero-order valence-corrected chi connectivity index (χ0v) is 17.5. The van der Waals surface area contributed by atoms with Crippen molar-refractivity contribution in [2.75, 3.05) is 26.3 Å². The highest BCUT2D eigenvalue weighted by Crippen LogP contribution is 2.46. The van der Waals surface area contributed by atoms with E-state index in [1.54, 1.807) is 0 Å². The molecule has 1 fully saturated rings. The van der Waals surface area contributed by atoms with Gasteiger partial charge >= 0.3 is 24.7 Å². The lowest BCUT2D eigenvalue weighted by Gasteiger charge is -2.44. The topological polar surface area (TPSA) is 12.5 Å². The van der Waals surface area contributed by atoms with E-state index in [1.165, 1.54) is 0 Å². The van der Waals surface area contributed by atoms with Gasteiger partial charge in [-0.05, 0) is 6.42 Å². The van der Waals surface area contributed by atoms with Gasteiger partial charge in [-0.25, -0.2) is 17.6 Å². The Balaban J connectivity index is 3.16. The minimum Gasteiger partial charge on any atom is -0.374 e. The Morgan fingerprint density at radius 3 is 1.47 bits per heavy atom. The van der Waals surface area contributed by atoms with Crippen molar-refractivity contribution in [3.63, 3.8) is 0 Å². The zero-order chi connectivity index (χ0) is 27.1. The molecule has 0 aromatic heterocycles. The molecule has 1 aliphatic heterocycles. The van der Waals surface area contributed by atoms with Crippen LogP contribution in [0.3, 0.4) is 0 Å². The van der Waals surface area contributed by atoms with Crippen LogP contribution in [-0.4, -0.2) is 79.5 Å². The molecule has 204 valence electrons. The number of alkyl halides is 16. The van der Waals surface area contributed by atoms with Gasteiger partial charge in [0.15, 0.2) is 11.7 Å². The Bertz CT molecular complexity index is 651. The highest BCUT2D eigenvalue weighted by atomic mass is 31.0. The Labute approximate surface area is 183 Å². The van der Waals surface area contributed by atoms with Crippen LogP contribution in [0.1, 0.15) is 6.42 Å². The predicted octanol–water partition coefficient (Wildman–Crippen LogP) is 6.07. The molecule has 1 aliphatic rings. The highest BCUT2D eigenvalue weighted by Gasteiger charge is 2.66. The van der Waals surface area contributed by atoms with Crippen molar-refractivity contribution in [2.45, 2.75) is 54.7 Å². The number of halogens is 16. The average molecular weight is 561 g/mol. The Kier molecular flexibility index (Phi) is 9.14. The van der Waals surface area contributed by atoms with Crippen molar-refractivity contribution in [2.24, 2.45) is 11.8 Å². The average Bonchev–Trinajstić information content (AvgIpc) is 2.63. The van der Waals surface area contributed by atoms with E-state index in [2.05, 4.69) is 4.74 Å². The zero-order valence-electron chi connectivity index (χ0n) is 16.3. The molecule has 0 spiro atoms. The second-order valence-electron chi connectivity index (χ2n) is 7.69. The number of likely N-dealkylation sites (tertiary alicyclic amines) is 1. The van der Waals surface area contributed by atoms with Gasteiger partial charge < -0.3 is 4.74 Å². The van der Waals surface area contributed by atoms with E-state index in [4.69, 9.17) is 0 Å². The fourth-order valence-electron chi connectivity index (χ4n) is 3.07.